The number of hydrogen-bond acceptors (Lipinski definition) is 6. The molecule has 1 aromatic carbocycles. The lowest BCUT2D eigenvalue weighted by Gasteiger charge is -2.21. The predicted molar refractivity (Wildman–Crippen MR) is 120 cm³/mol. The molecule has 4 heterocycles. The normalized spacial score (nSPS) is 17.7. The highest BCUT2D eigenvalue weighted by atomic mass is 32.1. The van der Waals surface area contributed by atoms with Gasteiger partial charge < -0.3 is 14.9 Å². The van der Waals surface area contributed by atoms with Gasteiger partial charge in [-0.25, -0.2) is 9.97 Å². The highest BCUT2D eigenvalue weighted by molar-refractivity contribution is 7.18. The number of hydrogen-bond donors (Lipinski definition) is 2. The fraction of sp³-hybridized carbons (Fsp3) is 0.409. The first-order valence-electron chi connectivity index (χ1n) is 10.7. The Balaban J connectivity index is 1.19. The van der Waals surface area contributed by atoms with E-state index >= 15 is 0 Å². The molecule has 2 N–H and O–H groups in total. The Kier molecular flexibility index (Phi) is 4.35. The molecule has 0 unspecified atom stereocenters. The molecule has 0 saturated carbocycles. The van der Waals surface area contributed by atoms with E-state index < -0.39 is 0 Å². The molecular formula is C22H24N6OS. The van der Waals surface area contributed by atoms with E-state index in [-0.39, 0.29) is 5.56 Å². The van der Waals surface area contributed by atoms with Crippen LogP contribution in [-0.4, -0.2) is 51.0 Å². The summed E-state index contributed by atoms with van der Waals surface area (Å²) in [6, 6.07) is 8.15. The second kappa shape index (κ2) is 7.21. The lowest BCUT2D eigenvalue weighted by Crippen LogP contribution is -2.32. The van der Waals surface area contributed by atoms with Gasteiger partial charge in [0.15, 0.2) is 0 Å². The molecule has 1 aliphatic heterocycles. The topological polar surface area (TPSA) is 80.9 Å². The molecule has 1 aliphatic carbocycles. The highest BCUT2D eigenvalue weighted by Crippen LogP contribution is 2.34. The van der Waals surface area contributed by atoms with Crippen molar-refractivity contribution < 1.29 is 0 Å². The first kappa shape index (κ1) is 18.1. The third-order valence-corrected chi connectivity index (χ3v) is 7.45. The van der Waals surface area contributed by atoms with Crippen LogP contribution in [0.1, 0.15) is 29.1 Å². The Morgan fingerprint density at radius 3 is 2.87 bits per heavy atom. The molecule has 0 atom stereocenters. The predicted octanol–water partition coefficient (Wildman–Crippen LogP) is 3.06. The number of fused-ring (bicyclic) bond motifs is 4. The van der Waals surface area contributed by atoms with Crippen molar-refractivity contribution >= 4 is 38.5 Å². The van der Waals surface area contributed by atoms with Crippen LogP contribution in [0, 0.1) is 0 Å². The van der Waals surface area contributed by atoms with Crippen molar-refractivity contribution in [3.05, 3.63) is 50.9 Å². The van der Waals surface area contributed by atoms with Crippen molar-refractivity contribution in [2.24, 2.45) is 0 Å². The first-order chi connectivity index (χ1) is 14.7. The molecule has 2 aliphatic rings. The number of thiophene rings is 1. The van der Waals surface area contributed by atoms with E-state index in [1.165, 1.54) is 10.4 Å². The van der Waals surface area contributed by atoms with Gasteiger partial charge >= 0.3 is 0 Å². The van der Waals surface area contributed by atoms with E-state index in [1.54, 1.807) is 11.3 Å². The molecular weight excluding hydrogens is 396 g/mol. The van der Waals surface area contributed by atoms with Gasteiger partial charge in [-0.05, 0) is 43.4 Å². The average molecular weight is 421 g/mol. The van der Waals surface area contributed by atoms with E-state index in [9.17, 15) is 4.79 Å². The summed E-state index contributed by atoms with van der Waals surface area (Å²) >= 11 is 1.71. The molecule has 0 amide bonds. The van der Waals surface area contributed by atoms with Crippen LogP contribution in [0.3, 0.4) is 0 Å². The van der Waals surface area contributed by atoms with Crippen LogP contribution < -0.4 is 10.5 Å². The van der Waals surface area contributed by atoms with Crippen molar-refractivity contribution in [3.8, 4) is 0 Å². The maximum atomic E-state index is 12.7. The number of H-pyrrole nitrogens is 2. The molecule has 6 rings (SSSR count). The van der Waals surface area contributed by atoms with Crippen molar-refractivity contribution in [1.29, 1.82) is 0 Å². The van der Waals surface area contributed by atoms with Crippen LogP contribution in [0.5, 0.6) is 0 Å². The number of aromatic nitrogens is 4. The molecule has 1 saturated heterocycles. The van der Waals surface area contributed by atoms with Gasteiger partial charge in [0, 0.05) is 31.1 Å². The minimum atomic E-state index is 0.0353. The quantitative estimate of drug-likeness (QED) is 0.532. The Morgan fingerprint density at radius 2 is 1.93 bits per heavy atom. The number of rotatable bonds is 3. The van der Waals surface area contributed by atoms with Gasteiger partial charge in [-0.2, -0.15) is 0 Å². The minimum Gasteiger partial charge on any atom is -0.341 e. The van der Waals surface area contributed by atoms with E-state index in [1.807, 2.05) is 18.2 Å². The van der Waals surface area contributed by atoms with Gasteiger partial charge in [-0.15, -0.1) is 11.3 Å². The zero-order valence-corrected chi connectivity index (χ0v) is 17.6. The van der Waals surface area contributed by atoms with Crippen LogP contribution in [0.15, 0.2) is 29.1 Å². The number of aryl methyl sites for hydroxylation is 2. The molecule has 0 radical (unpaired) electrons. The highest BCUT2D eigenvalue weighted by Gasteiger charge is 2.22. The van der Waals surface area contributed by atoms with Crippen LogP contribution >= 0.6 is 11.3 Å². The lowest BCUT2D eigenvalue weighted by molar-refractivity contribution is 0.278. The van der Waals surface area contributed by atoms with Crippen molar-refractivity contribution in [2.45, 2.75) is 32.2 Å². The largest absolute Gasteiger partial charge is 0.341 e. The summed E-state index contributed by atoms with van der Waals surface area (Å²) in [4.78, 5) is 35.8. The molecule has 0 spiro atoms. The fourth-order valence-corrected chi connectivity index (χ4v) is 6.04. The number of nitrogens with one attached hydrogen (secondary N) is 2. The monoisotopic (exact) mass is 420 g/mol. The standard InChI is InChI=1S/C22H24N6OS/c29-20-19-14-5-3-8-17(14)30-21(19)26-18(25-20)13-27-9-4-10-28(12-11-27)22-23-15-6-1-2-7-16(15)24-22/h1-2,6-7H,3-5,8-13H2,(H,23,24)(H,25,26,29). The third-order valence-electron chi connectivity index (χ3n) is 6.26. The molecule has 3 aromatic heterocycles. The fourth-order valence-electron chi connectivity index (χ4n) is 4.76. The number of imidazole rings is 1. The van der Waals surface area contributed by atoms with Crippen molar-refractivity contribution in [3.63, 3.8) is 0 Å². The van der Waals surface area contributed by atoms with Crippen molar-refractivity contribution in [2.75, 3.05) is 31.1 Å². The maximum Gasteiger partial charge on any atom is 0.259 e. The molecule has 30 heavy (non-hydrogen) atoms. The van der Waals surface area contributed by atoms with Crippen molar-refractivity contribution in [1.82, 2.24) is 24.8 Å². The van der Waals surface area contributed by atoms with E-state index in [0.717, 1.165) is 84.9 Å². The summed E-state index contributed by atoms with van der Waals surface area (Å²) < 4.78 is 0. The van der Waals surface area contributed by atoms with Gasteiger partial charge in [-0.3, -0.25) is 9.69 Å². The number of para-hydroxylation sites is 2. The van der Waals surface area contributed by atoms with Crippen LogP contribution in [0.2, 0.25) is 0 Å². The smallest absolute Gasteiger partial charge is 0.259 e. The van der Waals surface area contributed by atoms with Gasteiger partial charge in [0.2, 0.25) is 5.95 Å². The Morgan fingerprint density at radius 1 is 1.00 bits per heavy atom. The summed E-state index contributed by atoms with van der Waals surface area (Å²) in [6.07, 6.45) is 4.32. The summed E-state index contributed by atoms with van der Waals surface area (Å²) in [5, 5.41) is 0.836. The number of nitrogens with zero attached hydrogens (tertiary/aromatic N) is 4. The molecule has 1 fully saturated rings. The minimum absolute atomic E-state index is 0.0353. The SMILES string of the molecule is O=c1[nH]c(CN2CCCN(c3nc4ccccc4[nH]3)CC2)nc2sc3c(c12)CCC3. The molecule has 7 nitrogen and oxygen atoms in total. The van der Waals surface area contributed by atoms with Crippen LogP contribution in [0.4, 0.5) is 5.95 Å². The van der Waals surface area contributed by atoms with Gasteiger partial charge in [-0.1, -0.05) is 12.1 Å². The van der Waals surface area contributed by atoms with Crippen LogP contribution in [0.25, 0.3) is 21.3 Å². The zero-order chi connectivity index (χ0) is 20.1. The number of aromatic amines is 2. The number of anilines is 1. The Labute approximate surface area is 177 Å². The Bertz CT molecular complexity index is 1260. The van der Waals surface area contributed by atoms with Gasteiger partial charge in [0.1, 0.15) is 10.7 Å². The second-order valence-corrected chi connectivity index (χ2v) is 9.33. The second-order valence-electron chi connectivity index (χ2n) is 8.24. The summed E-state index contributed by atoms with van der Waals surface area (Å²) in [6.45, 7) is 4.46. The summed E-state index contributed by atoms with van der Waals surface area (Å²) in [7, 11) is 0. The average Bonchev–Trinajstić information content (AvgIpc) is 3.39. The van der Waals surface area contributed by atoms with Gasteiger partial charge in [0.05, 0.1) is 23.0 Å². The van der Waals surface area contributed by atoms with E-state index in [4.69, 9.17) is 9.97 Å². The molecule has 8 heteroatoms. The molecule has 4 aromatic rings. The third kappa shape index (κ3) is 3.11. The molecule has 154 valence electrons. The Hall–Kier alpha value is -2.71. The summed E-state index contributed by atoms with van der Waals surface area (Å²) in [5.74, 6) is 1.73. The summed E-state index contributed by atoms with van der Waals surface area (Å²) in [5.41, 5.74) is 3.36. The lowest BCUT2D eigenvalue weighted by atomic mass is 10.2. The zero-order valence-electron chi connectivity index (χ0n) is 16.8. The number of benzene rings is 1. The molecule has 0 bridgehead atoms. The van der Waals surface area contributed by atoms with Gasteiger partial charge in [0.25, 0.3) is 5.56 Å². The van der Waals surface area contributed by atoms with Crippen LogP contribution in [-0.2, 0) is 19.4 Å². The van der Waals surface area contributed by atoms with E-state index in [0.29, 0.717) is 6.54 Å². The maximum absolute atomic E-state index is 12.7. The van der Waals surface area contributed by atoms with E-state index in [2.05, 4.69) is 25.8 Å². The first-order valence-corrected chi connectivity index (χ1v) is 11.5.